The Hall–Kier alpha value is 0.180. The third-order valence-electron chi connectivity index (χ3n) is 3.10. The molecule has 0 radical (unpaired) electrons. The van der Waals surface area contributed by atoms with Gasteiger partial charge in [-0.2, -0.15) is 0 Å². The van der Waals surface area contributed by atoms with Gasteiger partial charge in [0, 0.05) is 0 Å². The first-order chi connectivity index (χ1) is 6.66. The van der Waals surface area contributed by atoms with Crippen LogP contribution in [0.1, 0.15) is 20.3 Å². The number of hydrogen-bond acceptors (Lipinski definition) is 3. The van der Waals surface area contributed by atoms with Crippen LogP contribution in [-0.2, 0) is 4.74 Å². The van der Waals surface area contributed by atoms with Gasteiger partial charge >= 0.3 is 0 Å². The zero-order chi connectivity index (χ0) is 11.9. The number of rotatable bonds is 3. The molecule has 15 heavy (non-hydrogen) atoms. The normalized spacial score (nSPS) is 42.1. The first-order valence-electron chi connectivity index (χ1n) is 5.37. The van der Waals surface area contributed by atoms with Crippen molar-refractivity contribution in [3.05, 3.63) is 0 Å². The molecule has 1 aliphatic heterocycles. The lowest BCUT2D eigenvalue weighted by Crippen LogP contribution is -2.41. The number of ether oxygens (including phenoxy) is 1. The summed E-state index contributed by atoms with van der Waals surface area (Å²) in [6.45, 7) is 6.90. The summed E-state index contributed by atoms with van der Waals surface area (Å²) in [5.41, 5.74) is -0.603. The molecule has 4 atom stereocenters. The van der Waals surface area contributed by atoms with E-state index in [1.165, 1.54) is 0 Å². The van der Waals surface area contributed by atoms with Crippen LogP contribution in [-0.4, -0.2) is 59.9 Å². The smallest absolute Gasteiger partial charge is 0.111 e. The molecule has 0 saturated carbocycles. The highest BCUT2D eigenvalue weighted by atomic mass is 31.2. The van der Waals surface area contributed by atoms with Gasteiger partial charge in [0.2, 0.25) is 0 Å². The lowest BCUT2D eigenvalue weighted by Gasteiger charge is -2.29. The molecule has 0 aliphatic carbocycles. The van der Waals surface area contributed by atoms with Crippen molar-refractivity contribution < 1.29 is 14.9 Å². The molecule has 1 saturated heterocycles. The van der Waals surface area contributed by atoms with Crippen molar-refractivity contribution in [3.8, 4) is 0 Å². The van der Waals surface area contributed by atoms with E-state index in [0.717, 1.165) is 12.6 Å². The topological polar surface area (TPSA) is 49.7 Å². The maximum absolute atomic E-state index is 9.90. The van der Waals surface area contributed by atoms with Crippen molar-refractivity contribution in [2.75, 3.05) is 19.5 Å². The van der Waals surface area contributed by atoms with Gasteiger partial charge in [-0.05, 0) is 39.8 Å². The molecule has 0 unspecified atom stereocenters. The second-order valence-corrected chi connectivity index (χ2v) is 9.80. The first-order valence-corrected chi connectivity index (χ1v) is 8.42. The van der Waals surface area contributed by atoms with Gasteiger partial charge in [0.05, 0.1) is 11.7 Å². The predicted molar refractivity (Wildman–Crippen MR) is 66.3 cm³/mol. The summed E-state index contributed by atoms with van der Waals surface area (Å²) in [4.78, 5) is 0. The predicted octanol–water partition coefficient (Wildman–Crippen LogP) is 0.985. The standard InChI is InChI=1S/C11H23O3P/c1-8-9(12)10(13)11(2,14-8)6-7-15(3,4)5/h8-10,12-13H,3,6-7H2,1-2,4-5H3/t8-,9-,10-,11+/m0/s1. The van der Waals surface area contributed by atoms with Crippen LogP contribution in [0.4, 0.5) is 0 Å². The minimum Gasteiger partial charge on any atom is -0.388 e. The molecule has 2 N–H and O–H groups in total. The molecule has 1 heterocycles. The maximum Gasteiger partial charge on any atom is 0.111 e. The van der Waals surface area contributed by atoms with Crippen molar-refractivity contribution >= 4 is 13.2 Å². The summed E-state index contributed by atoms with van der Waals surface area (Å²) in [5, 5.41) is 19.6. The Morgan fingerprint density at radius 2 is 1.93 bits per heavy atom. The number of aliphatic hydroxyl groups is 2. The molecule has 90 valence electrons. The van der Waals surface area contributed by atoms with Crippen LogP contribution >= 0.6 is 6.89 Å². The molecule has 3 nitrogen and oxygen atoms in total. The fourth-order valence-electron chi connectivity index (χ4n) is 1.91. The molecule has 0 amide bonds. The van der Waals surface area contributed by atoms with Crippen LogP contribution in [0.2, 0.25) is 0 Å². The van der Waals surface area contributed by atoms with E-state index in [4.69, 9.17) is 4.74 Å². The summed E-state index contributed by atoms with van der Waals surface area (Å²) < 4.78 is 5.66. The van der Waals surface area contributed by atoms with Crippen molar-refractivity contribution in [2.45, 2.75) is 44.2 Å². The lowest BCUT2D eigenvalue weighted by molar-refractivity contribution is -0.0668. The average molecular weight is 234 g/mol. The van der Waals surface area contributed by atoms with E-state index in [0.29, 0.717) is 0 Å². The Morgan fingerprint density at radius 1 is 1.40 bits per heavy atom. The summed E-state index contributed by atoms with van der Waals surface area (Å²) in [7, 11) is 0. The van der Waals surface area contributed by atoms with Crippen molar-refractivity contribution in [3.63, 3.8) is 0 Å². The van der Waals surface area contributed by atoms with Gasteiger partial charge in [-0.15, -0.1) is 13.2 Å². The molecular weight excluding hydrogens is 211 g/mol. The Kier molecular flexibility index (Phi) is 3.72. The van der Waals surface area contributed by atoms with Gasteiger partial charge < -0.3 is 14.9 Å². The van der Waals surface area contributed by atoms with Crippen LogP contribution in [0.3, 0.4) is 0 Å². The average Bonchev–Trinajstić information content (AvgIpc) is 2.27. The minimum atomic E-state index is -1.10. The van der Waals surface area contributed by atoms with E-state index in [2.05, 4.69) is 19.6 Å². The molecule has 0 aromatic carbocycles. The molecule has 1 fully saturated rings. The summed E-state index contributed by atoms with van der Waals surface area (Å²) >= 11 is 0. The number of aliphatic hydroxyl groups excluding tert-OH is 2. The van der Waals surface area contributed by atoms with Crippen molar-refractivity contribution in [1.82, 2.24) is 0 Å². The molecule has 4 heteroatoms. The highest BCUT2D eigenvalue weighted by molar-refractivity contribution is 7.72. The summed E-state index contributed by atoms with van der Waals surface area (Å²) in [6, 6.07) is 0. The quantitative estimate of drug-likeness (QED) is 0.716. The highest BCUT2D eigenvalue weighted by Crippen LogP contribution is 2.41. The van der Waals surface area contributed by atoms with Gasteiger partial charge in [0.15, 0.2) is 0 Å². The van der Waals surface area contributed by atoms with Gasteiger partial charge in [-0.3, -0.25) is 0 Å². The minimum absolute atomic E-state index is 0.281. The second-order valence-electron chi connectivity index (χ2n) is 5.48. The largest absolute Gasteiger partial charge is 0.388 e. The summed E-state index contributed by atoms with van der Waals surface area (Å²) in [5.74, 6) is 0. The van der Waals surface area contributed by atoms with Gasteiger partial charge in [-0.1, -0.05) is 0 Å². The maximum atomic E-state index is 9.90. The molecule has 1 aliphatic rings. The van der Waals surface area contributed by atoms with E-state index in [9.17, 15) is 10.2 Å². The molecule has 0 bridgehead atoms. The third-order valence-corrected chi connectivity index (χ3v) is 4.53. The molecule has 0 aromatic heterocycles. The van der Waals surface area contributed by atoms with Gasteiger partial charge in [0.25, 0.3) is 0 Å². The van der Waals surface area contributed by atoms with Crippen LogP contribution in [0.5, 0.6) is 0 Å². The van der Waals surface area contributed by atoms with E-state index < -0.39 is 24.7 Å². The van der Waals surface area contributed by atoms with Crippen LogP contribution < -0.4 is 0 Å². The fourth-order valence-corrected chi connectivity index (χ4v) is 2.96. The van der Waals surface area contributed by atoms with Gasteiger partial charge in [0.1, 0.15) is 12.2 Å². The van der Waals surface area contributed by atoms with E-state index in [1.54, 1.807) is 6.92 Å². The van der Waals surface area contributed by atoms with Crippen LogP contribution in [0.25, 0.3) is 0 Å². The Bertz CT molecular complexity index is 273. The van der Waals surface area contributed by atoms with Gasteiger partial charge in [-0.25, -0.2) is 0 Å². The Labute approximate surface area is 92.4 Å². The zero-order valence-electron chi connectivity index (χ0n) is 10.1. The first kappa shape index (κ1) is 13.2. The zero-order valence-corrected chi connectivity index (χ0v) is 11.0. The lowest BCUT2D eigenvalue weighted by atomic mass is 9.94. The van der Waals surface area contributed by atoms with E-state index in [-0.39, 0.29) is 6.10 Å². The molecule has 0 spiro atoms. The van der Waals surface area contributed by atoms with Crippen molar-refractivity contribution in [1.29, 1.82) is 0 Å². The van der Waals surface area contributed by atoms with E-state index >= 15 is 0 Å². The Morgan fingerprint density at radius 3 is 2.27 bits per heavy atom. The summed E-state index contributed by atoms with van der Waals surface area (Å²) in [6.07, 6.45) is 4.05. The van der Waals surface area contributed by atoms with Crippen LogP contribution in [0.15, 0.2) is 0 Å². The van der Waals surface area contributed by atoms with E-state index in [1.807, 2.05) is 6.92 Å². The second kappa shape index (κ2) is 4.21. The molecule has 0 aromatic rings. The fraction of sp³-hybridized carbons (Fsp3) is 0.909. The Balaban J connectivity index is 2.64. The SMILES string of the molecule is C=P(C)(C)CC[C@@]1(C)O[C@@H](C)[C@H](O)[C@@H]1O. The molecule has 1 rings (SSSR count). The third kappa shape index (κ3) is 3.07. The monoisotopic (exact) mass is 234 g/mol. The van der Waals surface area contributed by atoms with Crippen molar-refractivity contribution in [2.24, 2.45) is 0 Å². The molecular formula is C11H23O3P. The van der Waals surface area contributed by atoms with Crippen LogP contribution in [0, 0.1) is 0 Å². The number of hydrogen-bond donors (Lipinski definition) is 2. The highest BCUT2D eigenvalue weighted by Gasteiger charge is 2.48.